The molecule has 1 heterocycles. The van der Waals surface area contributed by atoms with Gasteiger partial charge in [-0.1, -0.05) is 18.6 Å². The highest BCUT2D eigenvalue weighted by molar-refractivity contribution is 5.74. The minimum atomic E-state index is -0.115. The third kappa shape index (κ3) is 6.10. The predicted molar refractivity (Wildman–Crippen MR) is 92.9 cm³/mol. The van der Waals surface area contributed by atoms with Crippen LogP contribution in [0.4, 0.5) is 4.79 Å². The minimum absolute atomic E-state index is 0.0506. The largest absolute Gasteiger partial charge is 0.494 e. The summed E-state index contributed by atoms with van der Waals surface area (Å²) in [7, 11) is 0. The summed E-state index contributed by atoms with van der Waals surface area (Å²) in [6.45, 7) is 8.52. The van der Waals surface area contributed by atoms with Crippen LogP contribution in [0.3, 0.4) is 0 Å². The lowest BCUT2D eigenvalue weighted by Crippen LogP contribution is -2.42. The van der Waals surface area contributed by atoms with Crippen LogP contribution < -0.4 is 15.4 Å². The Morgan fingerprint density at radius 2 is 2.09 bits per heavy atom. The second-order valence-corrected chi connectivity index (χ2v) is 6.03. The zero-order chi connectivity index (χ0) is 16.5. The van der Waals surface area contributed by atoms with Crippen LogP contribution in [0.2, 0.25) is 0 Å². The molecule has 5 nitrogen and oxygen atoms in total. The summed E-state index contributed by atoms with van der Waals surface area (Å²) < 4.78 is 5.50. The van der Waals surface area contributed by atoms with Gasteiger partial charge < -0.3 is 20.3 Å². The van der Waals surface area contributed by atoms with E-state index in [1.807, 2.05) is 38.1 Å². The Bertz CT molecular complexity index is 487. The lowest BCUT2D eigenvalue weighted by Gasteiger charge is -2.26. The number of nitrogens with one attached hydrogen (secondary N) is 2. The van der Waals surface area contributed by atoms with E-state index < -0.39 is 0 Å². The molecule has 0 radical (unpaired) electrons. The number of ether oxygens (including phenoxy) is 1. The average Bonchev–Trinajstić information content (AvgIpc) is 2.56. The summed E-state index contributed by atoms with van der Waals surface area (Å²) in [5.74, 6) is 0.837. The first-order valence-corrected chi connectivity index (χ1v) is 8.68. The molecule has 0 aromatic heterocycles. The fourth-order valence-electron chi connectivity index (χ4n) is 2.88. The monoisotopic (exact) mass is 319 g/mol. The summed E-state index contributed by atoms with van der Waals surface area (Å²) in [6.07, 6.45) is 3.89. The van der Waals surface area contributed by atoms with Gasteiger partial charge in [0.25, 0.3) is 0 Å². The lowest BCUT2D eigenvalue weighted by molar-refractivity contribution is 0.219. The van der Waals surface area contributed by atoms with E-state index in [0.29, 0.717) is 13.2 Å². The number of piperidine rings is 1. The van der Waals surface area contributed by atoms with Gasteiger partial charge in [0.2, 0.25) is 0 Å². The molecule has 2 N–H and O–H groups in total. The molecule has 23 heavy (non-hydrogen) atoms. The van der Waals surface area contributed by atoms with Gasteiger partial charge in [0.15, 0.2) is 0 Å². The highest BCUT2D eigenvalue weighted by Crippen LogP contribution is 2.19. The SMILES string of the molecule is CCOc1cccc(C(C)NC(=O)NCCN2CCCCC2)c1. The van der Waals surface area contributed by atoms with E-state index in [4.69, 9.17) is 4.74 Å². The molecule has 2 amide bonds. The summed E-state index contributed by atoms with van der Waals surface area (Å²) >= 11 is 0. The maximum Gasteiger partial charge on any atom is 0.315 e. The van der Waals surface area contributed by atoms with Crippen molar-refractivity contribution in [3.05, 3.63) is 29.8 Å². The Hall–Kier alpha value is -1.75. The van der Waals surface area contributed by atoms with E-state index in [1.54, 1.807) is 0 Å². The summed E-state index contributed by atoms with van der Waals surface area (Å²) in [4.78, 5) is 14.4. The van der Waals surface area contributed by atoms with Crippen molar-refractivity contribution in [2.45, 2.75) is 39.2 Å². The quantitative estimate of drug-likeness (QED) is 0.812. The molecule has 1 atom stereocenters. The smallest absolute Gasteiger partial charge is 0.315 e. The molecule has 1 aliphatic rings. The normalized spacial score (nSPS) is 16.6. The number of likely N-dealkylation sites (tertiary alicyclic amines) is 1. The van der Waals surface area contributed by atoms with Crippen LogP contribution in [0, 0.1) is 0 Å². The Kier molecular flexibility index (Phi) is 7.20. The molecule has 1 unspecified atom stereocenters. The van der Waals surface area contributed by atoms with Crippen molar-refractivity contribution in [2.24, 2.45) is 0 Å². The summed E-state index contributed by atoms with van der Waals surface area (Å²) in [5, 5.41) is 5.93. The van der Waals surface area contributed by atoms with Crippen LogP contribution in [0.1, 0.15) is 44.7 Å². The number of amides is 2. The van der Waals surface area contributed by atoms with Crippen LogP contribution in [0.25, 0.3) is 0 Å². The third-order valence-corrected chi connectivity index (χ3v) is 4.18. The first-order valence-electron chi connectivity index (χ1n) is 8.68. The van der Waals surface area contributed by atoms with E-state index >= 15 is 0 Å². The predicted octanol–water partition coefficient (Wildman–Crippen LogP) is 2.93. The topological polar surface area (TPSA) is 53.6 Å². The Balaban J connectivity index is 1.72. The first kappa shape index (κ1) is 17.6. The van der Waals surface area contributed by atoms with Crippen molar-refractivity contribution < 1.29 is 9.53 Å². The average molecular weight is 319 g/mol. The van der Waals surface area contributed by atoms with E-state index in [1.165, 1.54) is 19.3 Å². The van der Waals surface area contributed by atoms with Gasteiger partial charge in [-0.3, -0.25) is 0 Å². The Labute approximate surface area is 139 Å². The van der Waals surface area contributed by atoms with Crippen molar-refractivity contribution >= 4 is 6.03 Å². The molecule has 5 heteroatoms. The molecular formula is C18H29N3O2. The number of urea groups is 1. The van der Waals surface area contributed by atoms with Crippen LogP contribution in [0.15, 0.2) is 24.3 Å². The zero-order valence-corrected chi connectivity index (χ0v) is 14.3. The van der Waals surface area contributed by atoms with Gasteiger partial charge in [-0.05, 0) is 57.5 Å². The molecule has 1 aromatic rings. The Morgan fingerprint density at radius 1 is 1.30 bits per heavy atom. The number of carbonyl (C=O) groups excluding carboxylic acids is 1. The van der Waals surface area contributed by atoms with Crippen molar-refractivity contribution in [3.8, 4) is 5.75 Å². The highest BCUT2D eigenvalue weighted by Gasteiger charge is 2.12. The van der Waals surface area contributed by atoms with Gasteiger partial charge in [-0.25, -0.2) is 4.79 Å². The van der Waals surface area contributed by atoms with Crippen molar-refractivity contribution in [3.63, 3.8) is 0 Å². The molecule has 1 saturated heterocycles. The van der Waals surface area contributed by atoms with E-state index in [0.717, 1.165) is 30.9 Å². The summed E-state index contributed by atoms with van der Waals surface area (Å²) in [5.41, 5.74) is 1.04. The number of nitrogens with zero attached hydrogens (tertiary/aromatic N) is 1. The second-order valence-electron chi connectivity index (χ2n) is 6.03. The molecule has 128 valence electrons. The number of benzene rings is 1. The Morgan fingerprint density at radius 3 is 2.83 bits per heavy atom. The van der Waals surface area contributed by atoms with Crippen LogP contribution in [0.5, 0.6) is 5.75 Å². The molecule has 1 aromatic carbocycles. The molecule has 2 rings (SSSR count). The van der Waals surface area contributed by atoms with E-state index in [2.05, 4.69) is 15.5 Å². The van der Waals surface area contributed by atoms with Crippen molar-refractivity contribution in [2.75, 3.05) is 32.8 Å². The van der Waals surface area contributed by atoms with Gasteiger partial charge in [0.05, 0.1) is 12.6 Å². The first-order chi connectivity index (χ1) is 11.2. The molecule has 1 aliphatic heterocycles. The fourth-order valence-corrected chi connectivity index (χ4v) is 2.88. The molecule has 0 saturated carbocycles. The number of hydrogen-bond acceptors (Lipinski definition) is 3. The van der Waals surface area contributed by atoms with Crippen molar-refractivity contribution in [1.29, 1.82) is 0 Å². The zero-order valence-electron chi connectivity index (χ0n) is 14.3. The molecule has 0 spiro atoms. The minimum Gasteiger partial charge on any atom is -0.494 e. The maximum absolute atomic E-state index is 12.0. The maximum atomic E-state index is 12.0. The highest BCUT2D eigenvalue weighted by atomic mass is 16.5. The van der Waals surface area contributed by atoms with Gasteiger partial charge in [0, 0.05) is 13.1 Å². The van der Waals surface area contributed by atoms with Crippen LogP contribution >= 0.6 is 0 Å². The second kappa shape index (κ2) is 9.40. The number of carbonyl (C=O) groups is 1. The van der Waals surface area contributed by atoms with E-state index in [-0.39, 0.29) is 12.1 Å². The third-order valence-electron chi connectivity index (χ3n) is 4.18. The van der Waals surface area contributed by atoms with Gasteiger partial charge in [0.1, 0.15) is 5.75 Å². The van der Waals surface area contributed by atoms with Gasteiger partial charge >= 0.3 is 6.03 Å². The summed E-state index contributed by atoms with van der Waals surface area (Å²) in [6, 6.07) is 7.69. The van der Waals surface area contributed by atoms with E-state index in [9.17, 15) is 4.79 Å². The number of rotatable bonds is 7. The standard InChI is InChI=1S/C18H29N3O2/c1-3-23-17-9-7-8-16(14-17)15(2)20-18(22)19-10-13-21-11-5-4-6-12-21/h7-9,14-15H,3-6,10-13H2,1-2H3,(H2,19,20,22). The molecular weight excluding hydrogens is 290 g/mol. The van der Waals surface area contributed by atoms with Crippen LogP contribution in [-0.4, -0.2) is 43.7 Å². The van der Waals surface area contributed by atoms with Gasteiger partial charge in [-0.2, -0.15) is 0 Å². The molecule has 0 aliphatic carbocycles. The van der Waals surface area contributed by atoms with Gasteiger partial charge in [-0.15, -0.1) is 0 Å². The molecule has 1 fully saturated rings. The lowest BCUT2D eigenvalue weighted by atomic mass is 10.1. The van der Waals surface area contributed by atoms with Crippen LogP contribution in [-0.2, 0) is 0 Å². The number of hydrogen-bond donors (Lipinski definition) is 2. The fraction of sp³-hybridized carbons (Fsp3) is 0.611. The van der Waals surface area contributed by atoms with Crippen molar-refractivity contribution in [1.82, 2.24) is 15.5 Å². The molecule has 0 bridgehead atoms.